The molecule has 0 unspecified atom stereocenters. The van der Waals surface area contributed by atoms with Gasteiger partial charge in [-0.15, -0.1) is 0 Å². The molecule has 0 fully saturated rings. The number of hydrogen-bond acceptors (Lipinski definition) is 0. The first kappa shape index (κ1) is 10.5. The predicted octanol–water partition coefficient (Wildman–Crippen LogP) is 2.40. The monoisotopic (exact) mass is 141 g/mol. The summed E-state index contributed by atoms with van der Waals surface area (Å²) < 4.78 is 0. The molecule has 0 heterocycles. The molecule has 46 valence electrons. The molecule has 0 bridgehead atoms. The number of rotatable bonds is 3. The molecule has 0 atom stereocenters. The van der Waals surface area contributed by atoms with Gasteiger partial charge >= 0.3 is 0 Å². The van der Waals surface area contributed by atoms with Crippen molar-refractivity contribution in [2.24, 2.45) is 0 Å². The van der Waals surface area contributed by atoms with Crippen LogP contribution < -0.4 is 0 Å². The van der Waals surface area contributed by atoms with Crippen molar-refractivity contribution in [2.45, 2.75) is 32.6 Å². The third kappa shape index (κ3) is 10.8. The first-order chi connectivity index (χ1) is 2.91. The van der Waals surface area contributed by atoms with Crippen LogP contribution in [0, 0.1) is 6.92 Å². The van der Waals surface area contributed by atoms with Crippen LogP contribution in [0.4, 0.5) is 0 Å². The minimum absolute atomic E-state index is 0. The zero-order valence-corrected chi connectivity index (χ0v) is 5.99. The fourth-order valence-electron chi connectivity index (χ4n) is 0.427. The van der Waals surface area contributed by atoms with E-state index in [2.05, 4.69) is 13.8 Å². The van der Waals surface area contributed by atoms with Crippen LogP contribution in [-0.4, -0.2) is 0 Å². The molecule has 0 nitrogen and oxygen atoms in total. The van der Waals surface area contributed by atoms with E-state index in [4.69, 9.17) is 0 Å². The van der Waals surface area contributed by atoms with Gasteiger partial charge in [0, 0.05) is 17.1 Å². The van der Waals surface area contributed by atoms with Crippen molar-refractivity contribution in [1.82, 2.24) is 0 Å². The fraction of sp³-hybridized carbons (Fsp3) is 0.833. The molecule has 0 radical (unpaired) electrons. The van der Waals surface area contributed by atoms with Crippen molar-refractivity contribution in [2.75, 3.05) is 0 Å². The van der Waals surface area contributed by atoms with E-state index in [9.17, 15) is 0 Å². The third-order valence-electron chi connectivity index (χ3n) is 0.854. The van der Waals surface area contributed by atoms with Crippen LogP contribution in [0.2, 0.25) is 0 Å². The third-order valence-corrected chi connectivity index (χ3v) is 0.854. The molecule has 0 saturated carbocycles. The van der Waals surface area contributed by atoms with Gasteiger partial charge < -0.3 is 6.92 Å². The molecule has 0 spiro atoms. The van der Waals surface area contributed by atoms with Gasteiger partial charge in [-0.05, 0) is 0 Å². The predicted molar refractivity (Wildman–Crippen MR) is 29.5 cm³/mol. The van der Waals surface area contributed by atoms with E-state index in [0.717, 1.165) is 6.42 Å². The number of hydrogen-bond donors (Lipinski definition) is 0. The minimum Gasteiger partial charge on any atom is -0.343 e. The van der Waals surface area contributed by atoms with Crippen LogP contribution in [0.25, 0.3) is 0 Å². The smallest absolute Gasteiger partial charge is 0 e. The quantitative estimate of drug-likeness (QED) is 0.321. The summed E-state index contributed by atoms with van der Waals surface area (Å²) in [5.74, 6) is 0. The Balaban J connectivity index is 0. The molecule has 0 aliphatic heterocycles. The Morgan fingerprint density at radius 2 is 1.86 bits per heavy atom. The molecule has 0 aliphatic rings. The summed E-state index contributed by atoms with van der Waals surface area (Å²) >= 11 is 0. The van der Waals surface area contributed by atoms with Gasteiger partial charge in [-0.1, -0.05) is 26.2 Å². The molecule has 0 aromatic rings. The molecule has 1 heteroatoms. The van der Waals surface area contributed by atoms with Gasteiger partial charge in [0.1, 0.15) is 0 Å². The summed E-state index contributed by atoms with van der Waals surface area (Å²) in [5, 5.41) is 0. The second-order valence-electron chi connectivity index (χ2n) is 1.56. The molecular formula is C6H13Fe-. The Kier molecular flexibility index (Phi) is 14.6. The van der Waals surface area contributed by atoms with Crippen molar-refractivity contribution in [3.63, 3.8) is 0 Å². The summed E-state index contributed by atoms with van der Waals surface area (Å²) in [6.07, 6.45) is 5.07. The average molecular weight is 141 g/mol. The summed E-state index contributed by atoms with van der Waals surface area (Å²) in [4.78, 5) is 0. The molecule has 0 aromatic carbocycles. The van der Waals surface area contributed by atoms with Crippen molar-refractivity contribution < 1.29 is 17.1 Å². The van der Waals surface area contributed by atoms with E-state index in [-0.39, 0.29) is 17.1 Å². The summed E-state index contributed by atoms with van der Waals surface area (Å²) in [5.41, 5.74) is 0. The second kappa shape index (κ2) is 9.72. The van der Waals surface area contributed by atoms with Gasteiger partial charge in [0.05, 0.1) is 0 Å². The topological polar surface area (TPSA) is 0 Å². The van der Waals surface area contributed by atoms with Gasteiger partial charge in [-0.2, -0.15) is 6.42 Å². The molecule has 0 aliphatic carbocycles. The number of unbranched alkanes of at least 4 members (excludes halogenated alkanes) is 3. The molecule has 7 heavy (non-hydrogen) atoms. The van der Waals surface area contributed by atoms with E-state index >= 15 is 0 Å². The average Bonchev–Trinajstić information content (AvgIpc) is 1.61. The van der Waals surface area contributed by atoms with Gasteiger partial charge in [0.25, 0.3) is 0 Å². The van der Waals surface area contributed by atoms with Crippen LogP contribution in [0.3, 0.4) is 0 Å². The Hall–Kier alpha value is 0.519. The standard InChI is InChI=1S/C6H13.Fe/c1-3-5-6-4-2;/h1,3-6H2,2H3;/q-1;. The van der Waals surface area contributed by atoms with Gasteiger partial charge in [-0.3, -0.25) is 0 Å². The van der Waals surface area contributed by atoms with E-state index < -0.39 is 0 Å². The normalized spacial score (nSPS) is 7.71. The summed E-state index contributed by atoms with van der Waals surface area (Å²) in [7, 11) is 0. The first-order valence-corrected chi connectivity index (χ1v) is 2.71. The Bertz CT molecular complexity index is 16.1. The van der Waals surface area contributed by atoms with Gasteiger partial charge in [0.15, 0.2) is 0 Å². The Morgan fingerprint density at radius 1 is 1.29 bits per heavy atom. The molecule has 0 rings (SSSR count). The van der Waals surface area contributed by atoms with Crippen molar-refractivity contribution >= 4 is 0 Å². The van der Waals surface area contributed by atoms with Crippen LogP contribution in [0.15, 0.2) is 0 Å². The first-order valence-electron chi connectivity index (χ1n) is 2.71. The van der Waals surface area contributed by atoms with E-state index in [0.29, 0.717) is 0 Å². The fourth-order valence-corrected chi connectivity index (χ4v) is 0.427. The van der Waals surface area contributed by atoms with Crippen molar-refractivity contribution in [1.29, 1.82) is 0 Å². The Morgan fingerprint density at radius 3 is 2.00 bits per heavy atom. The van der Waals surface area contributed by atoms with Crippen LogP contribution in [0.1, 0.15) is 32.6 Å². The van der Waals surface area contributed by atoms with Gasteiger partial charge in [-0.25, -0.2) is 0 Å². The molecule has 0 N–H and O–H groups in total. The van der Waals surface area contributed by atoms with Crippen molar-refractivity contribution in [3.05, 3.63) is 6.92 Å². The van der Waals surface area contributed by atoms with E-state index in [1.54, 1.807) is 0 Å². The largest absolute Gasteiger partial charge is 0.343 e. The van der Waals surface area contributed by atoms with Crippen LogP contribution in [-0.2, 0) is 17.1 Å². The Labute approximate surface area is 57.2 Å². The SMILES string of the molecule is [CH2-]CCCCC.[Fe]. The zero-order valence-electron chi connectivity index (χ0n) is 4.89. The summed E-state index contributed by atoms with van der Waals surface area (Å²) in [6.45, 7) is 5.93. The zero-order chi connectivity index (χ0) is 4.83. The summed E-state index contributed by atoms with van der Waals surface area (Å²) in [6, 6.07) is 0. The van der Waals surface area contributed by atoms with E-state index in [1.807, 2.05) is 0 Å². The van der Waals surface area contributed by atoms with E-state index in [1.165, 1.54) is 19.3 Å². The maximum atomic E-state index is 3.72. The molecule has 0 amide bonds. The van der Waals surface area contributed by atoms with Gasteiger partial charge in [0.2, 0.25) is 0 Å². The molecule has 0 saturated heterocycles. The maximum Gasteiger partial charge on any atom is 0 e. The van der Waals surface area contributed by atoms with Crippen molar-refractivity contribution in [3.8, 4) is 0 Å². The van der Waals surface area contributed by atoms with Crippen LogP contribution >= 0.6 is 0 Å². The second-order valence-corrected chi connectivity index (χ2v) is 1.56. The minimum atomic E-state index is 0. The maximum absolute atomic E-state index is 3.72. The molecular weight excluding hydrogens is 128 g/mol. The molecule has 0 aromatic heterocycles. The van der Waals surface area contributed by atoms with Crippen LogP contribution in [0.5, 0.6) is 0 Å².